The van der Waals surface area contributed by atoms with Crippen LogP contribution in [0.5, 0.6) is 0 Å². The minimum atomic E-state index is -5.42. The Hall–Kier alpha value is -3.61. The van der Waals surface area contributed by atoms with Crippen molar-refractivity contribution in [2.75, 3.05) is 37.9 Å². The first-order valence-corrected chi connectivity index (χ1v) is 20.1. The normalized spacial score (nSPS) is 28.5. The molecule has 30 nitrogen and oxygen atoms in total. The Kier molecular flexibility index (Phi) is 12.0. The SMILES string of the molecule is Nc1nc2c(ncn2C2OC(COP(=O)(O)OCC(COP(=O)(O)OC[C@H]3O[C@@H](n4cnc5c(=O)[nH]c(N)nc54)C(O)C3O)OP(=O)(O)O)[C@@H](O)[C@H]2O)c(=O)[nH]1. The molecule has 0 aromatic carbocycles. The molecule has 2 fully saturated rings. The number of phosphoric ester groups is 3. The third kappa shape index (κ3) is 9.23. The zero-order chi connectivity index (χ0) is 40.9. The fraction of sp³-hybridized carbons (Fsp3) is 0.565. The van der Waals surface area contributed by atoms with Crippen LogP contribution >= 0.6 is 23.5 Å². The number of hydrogen-bond donors (Lipinski definition) is 12. The van der Waals surface area contributed by atoms with Gasteiger partial charge in [-0.05, 0) is 0 Å². The molecule has 0 bridgehead atoms. The number of aromatic amines is 2. The molecule has 0 saturated carbocycles. The average molecular weight is 862 g/mol. The number of imidazole rings is 2. The summed E-state index contributed by atoms with van der Waals surface area (Å²) in [6.07, 6.45) is -12.8. The summed E-state index contributed by atoms with van der Waals surface area (Å²) in [6, 6.07) is 0. The predicted molar refractivity (Wildman–Crippen MR) is 177 cm³/mol. The van der Waals surface area contributed by atoms with E-state index in [2.05, 4.69) is 34.4 Å². The molecule has 14 N–H and O–H groups in total. The number of nitrogen functional groups attached to an aromatic ring is 2. The van der Waals surface area contributed by atoms with Crippen LogP contribution in [-0.4, -0.2) is 148 Å². The molecule has 4 aromatic heterocycles. The Morgan fingerprint density at radius 1 is 0.696 bits per heavy atom. The predicted octanol–water partition coefficient (Wildman–Crippen LogP) is -4.60. The van der Waals surface area contributed by atoms with Crippen molar-refractivity contribution in [1.82, 2.24) is 39.0 Å². The van der Waals surface area contributed by atoms with Gasteiger partial charge in [-0.2, -0.15) is 9.97 Å². The molecule has 33 heteroatoms. The fourth-order valence-electron chi connectivity index (χ4n) is 5.52. The van der Waals surface area contributed by atoms with E-state index in [1.54, 1.807) is 0 Å². The molecule has 2 saturated heterocycles. The quantitative estimate of drug-likeness (QED) is 0.0472. The smallest absolute Gasteiger partial charge is 0.387 e. The molecule has 0 aliphatic carbocycles. The Morgan fingerprint density at radius 2 is 1.09 bits per heavy atom. The molecule has 0 radical (unpaired) electrons. The minimum Gasteiger partial charge on any atom is -0.387 e. The standard InChI is InChI=1S/C23H33N10O20P3/c24-22-28-16-10(18(38)30-22)26-5-32(16)20-14(36)12(34)8(51-20)3-49-55(43,44)47-1-7(53-54(40,41)42)2-48-56(45,46)50-4-9-13(35)15(37)21(52-9)33-6-27-11-17(33)29-23(25)31-19(11)39/h5-9,12-15,20-21,34-37H,1-4H2,(H,43,44)(H,45,46)(H2,40,41,42)(H3,24,28,30,38)(H3,25,29,31,39)/t7?,8-,9?,12?,13-,14?,15-,20-,21?/m1/s1. The first kappa shape index (κ1) is 42.0. The van der Waals surface area contributed by atoms with Gasteiger partial charge < -0.3 is 60.9 Å². The highest BCUT2D eigenvalue weighted by Gasteiger charge is 2.47. The summed E-state index contributed by atoms with van der Waals surface area (Å²) in [5, 5.41) is 42.1. The number of anilines is 2. The van der Waals surface area contributed by atoms with Gasteiger partial charge in [-0.15, -0.1) is 0 Å². The number of aromatic nitrogens is 8. The molecule has 0 amide bonds. The van der Waals surface area contributed by atoms with E-state index >= 15 is 0 Å². The molecule has 310 valence electrons. The first-order chi connectivity index (χ1) is 26.1. The molecule has 11 atom stereocenters. The van der Waals surface area contributed by atoms with Gasteiger partial charge in [-0.1, -0.05) is 0 Å². The van der Waals surface area contributed by atoms with E-state index < -0.39 is 116 Å². The Balaban J connectivity index is 1.02. The van der Waals surface area contributed by atoms with Crippen molar-refractivity contribution in [1.29, 1.82) is 0 Å². The van der Waals surface area contributed by atoms with E-state index in [9.17, 15) is 63.3 Å². The monoisotopic (exact) mass is 862 g/mol. The molecular weight excluding hydrogens is 829 g/mol. The summed E-state index contributed by atoms with van der Waals surface area (Å²) in [7, 11) is -15.9. The van der Waals surface area contributed by atoms with Gasteiger partial charge >= 0.3 is 23.5 Å². The molecule has 6 heterocycles. The van der Waals surface area contributed by atoms with Gasteiger partial charge in [0.15, 0.2) is 34.8 Å². The van der Waals surface area contributed by atoms with Gasteiger partial charge in [0.1, 0.15) is 42.7 Å². The summed E-state index contributed by atoms with van der Waals surface area (Å²) in [5.74, 6) is -0.591. The molecular formula is C23H33N10O20P3. The number of aliphatic hydroxyl groups excluding tert-OH is 4. The number of ether oxygens (including phenoxy) is 2. The number of rotatable bonds is 16. The van der Waals surface area contributed by atoms with Crippen molar-refractivity contribution < 1.29 is 85.8 Å². The summed E-state index contributed by atoms with van der Waals surface area (Å²) < 4.78 is 73.4. The highest BCUT2D eigenvalue weighted by molar-refractivity contribution is 7.47. The Bertz CT molecular complexity index is 2180. The second-order valence-electron chi connectivity index (χ2n) is 12.0. The molecule has 56 heavy (non-hydrogen) atoms. The number of nitrogens with zero attached hydrogens (tertiary/aromatic N) is 6. The highest BCUT2D eigenvalue weighted by atomic mass is 31.2. The van der Waals surface area contributed by atoms with E-state index in [1.807, 2.05) is 0 Å². The lowest BCUT2D eigenvalue weighted by Crippen LogP contribution is -2.34. The topological polar surface area (TPSA) is 457 Å². The van der Waals surface area contributed by atoms with E-state index in [-0.39, 0.29) is 34.2 Å². The van der Waals surface area contributed by atoms with Gasteiger partial charge in [0.2, 0.25) is 11.9 Å². The molecule has 6 rings (SSSR count). The van der Waals surface area contributed by atoms with Crippen LogP contribution < -0.4 is 22.6 Å². The number of H-pyrrole nitrogens is 2. The zero-order valence-corrected chi connectivity index (χ0v) is 30.5. The largest absolute Gasteiger partial charge is 0.472 e. The van der Waals surface area contributed by atoms with Crippen LogP contribution in [-0.2, 0) is 45.8 Å². The maximum atomic E-state index is 12.6. The van der Waals surface area contributed by atoms with Gasteiger partial charge in [0.25, 0.3) is 11.1 Å². The van der Waals surface area contributed by atoms with Crippen molar-refractivity contribution in [2.45, 2.75) is 55.2 Å². The van der Waals surface area contributed by atoms with Gasteiger partial charge in [-0.3, -0.25) is 51.3 Å². The number of phosphoric acid groups is 3. The molecule has 0 spiro atoms. The number of nitrogens with one attached hydrogen (secondary N) is 2. The van der Waals surface area contributed by atoms with E-state index in [0.717, 1.165) is 21.8 Å². The Labute approximate surface area is 309 Å². The highest BCUT2D eigenvalue weighted by Crippen LogP contribution is 2.48. The summed E-state index contributed by atoms with van der Waals surface area (Å²) in [4.78, 5) is 83.2. The lowest BCUT2D eigenvalue weighted by Gasteiger charge is -2.22. The van der Waals surface area contributed by atoms with Crippen LogP contribution in [0.25, 0.3) is 22.3 Å². The van der Waals surface area contributed by atoms with E-state index in [1.165, 1.54) is 0 Å². The summed E-state index contributed by atoms with van der Waals surface area (Å²) >= 11 is 0. The number of hydrogen-bond acceptors (Lipinski definition) is 22. The van der Waals surface area contributed by atoms with Crippen molar-refractivity contribution >= 4 is 57.7 Å². The summed E-state index contributed by atoms with van der Waals surface area (Å²) in [6.45, 7) is -4.34. The van der Waals surface area contributed by atoms with Crippen LogP contribution in [0.3, 0.4) is 0 Å². The van der Waals surface area contributed by atoms with Crippen molar-refractivity contribution in [3.8, 4) is 0 Å². The lowest BCUT2D eigenvalue weighted by molar-refractivity contribution is -0.0542. The van der Waals surface area contributed by atoms with Crippen LogP contribution in [0.4, 0.5) is 11.9 Å². The maximum absolute atomic E-state index is 12.6. The van der Waals surface area contributed by atoms with Crippen molar-refractivity contribution in [3.05, 3.63) is 33.4 Å². The average Bonchev–Trinajstić information content (AvgIpc) is 3.85. The second kappa shape index (κ2) is 16.0. The molecule has 7 unspecified atom stereocenters. The third-order valence-electron chi connectivity index (χ3n) is 8.06. The molecule has 4 aromatic rings. The van der Waals surface area contributed by atoms with E-state index in [0.29, 0.717) is 0 Å². The summed E-state index contributed by atoms with van der Waals surface area (Å²) in [5.41, 5.74) is 9.08. The molecule has 2 aliphatic rings. The van der Waals surface area contributed by atoms with Crippen molar-refractivity contribution in [3.63, 3.8) is 0 Å². The van der Waals surface area contributed by atoms with Gasteiger partial charge in [-0.25, -0.2) is 23.7 Å². The van der Waals surface area contributed by atoms with Crippen LogP contribution in [0.2, 0.25) is 0 Å². The third-order valence-corrected chi connectivity index (χ3v) is 10.5. The van der Waals surface area contributed by atoms with Crippen LogP contribution in [0.1, 0.15) is 12.5 Å². The number of nitrogens with two attached hydrogens (primary N) is 2. The number of fused-ring (bicyclic) bond motifs is 2. The van der Waals surface area contributed by atoms with Crippen LogP contribution in [0, 0.1) is 0 Å². The fourth-order valence-corrected chi connectivity index (χ4v) is 7.56. The first-order valence-electron chi connectivity index (χ1n) is 15.6. The van der Waals surface area contributed by atoms with E-state index in [4.69, 9.17) is 39.0 Å². The molecule has 2 aliphatic heterocycles. The van der Waals surface area contributed by atoms with Gasteiger partial charge in [0, 0.05) is 0 Å². The van der Waals surface area contributed by atoms with Crippen LogP contribution in [0.15, 0.2) is 22.2 Å². The minimum absolute atomic E-state index is 0.128. The van der Waals surface area contributed by atoms with Crippen molar-refractivity contribution in [2.24, 2.45) is 0 Å². The second-order valence-corrected chi connectivity index (χ2v) is 16.1. The van der Waals surface area contributed by atoms with Gasteiger partial charge in [0.05, 0.1) is 39.1 Å². The Morgan fingerprint density at radius 3 is 1.46 bits per heavy atom. The maximum Gasteiger partial charge on any atom is 0.472 e. The number of aliphatic hydroxyl groups is 4. The zero-order valence-electron chi connectivity index (χ0n) is 27.8. The lowest BCUT2D eigenvalue weighted by atomic mass is 10.1.